The van der Waals surface area contributed by atoms with Gasteiger partial charge in [0.05, 0.1) is 12.2 Å². The highest BCUT2D eigenvalue weighted by molar-refractivity contribution is 8.00. The Balaban J connectivity index is 2.00. The van der Waals surface area contributed by atoms with Gasteiger partial charge in [0.15, 0.2) is 0 Å². The van der Waals surface area contributed by atoms with Crippen LogP contribution >= 0.6 is 11.8 Å². The molecule has 1 spiro atoms. The van der Waals surface area contributed by atoms with E-state index in [1.54, 1.807) is 0 Å². The highest BCUT2D eigenvalue weighted by Gasteiger charge is 2.49. The molecule has 2 aliphatic rings. The maximum atomic E-state index is 6.27. The predicted molar refractivity (Wildman–Crippen MR) is 80.3 cm³/mol. The average Bonchev–Trinajstić information content (AvgIpc) is 2.71. The molecule has 2 fully saturated rings. The molecule has 3 heteroatoms. The van der Waals surface area contributed by atoms with Gasteiger partial charge in [-0.2, -0.15) is 11.8 Å². The van der Waals surface area contributed by atoms with Gasteiger partial charge < -0.3 is 10.1 Å². The van der Waals surface area contributed by atoms with Crippen LogP contribution in [-0.4, -0.2) is 35.8 Å². The number of nitrogens with one attached hydrogen (secondary N) is 1. The lowest BCUT2D eigenvalue weighted by molar-refractivity contribution is -0.0960. The van der Waals surface area contributed by atoms with Gasteiger partial charge in [0.2, 0.25) is 0 Å². The van der Waals surface area contributed by atoms with E-state index in [0.717, 1.165) is 13.2 Å². The molecule has 0 saturated carbocycles. The van der Waals surface area contributed by atoms with Gasteiger partial charge in [0.1, 0.15) is 0 Å². The summed E-state index contributed by atoms with van der Waals surface area (Å²) in [5, 5.41) is 4.38. The van der Waals surface area contributed by atoms with Gasteiger partial charge in [-0.3, -0.25) is 0 Å². The Morgan fingerprint density at radius 2 is 2.22 bits per heavy atom. The van der Waals surface area contributed by atoms with E-state index >= 15 is 0 Å². The van der Waals surface area contributed by atoms with Crippen LogP contribution in [0.1, 0.15) is 53.4 Å². The number of hydrogen-bond donors (Lipinski definition) is 1. The quantitative estimate of drug-likeness (QED) is 0.846. The Kier molecular flexibility index (Phi) is 4.66. The van der Waals surface area contributed by atoms with E-state index in [0.29, 0.717) is 16.7 Å². The van der Waals surface area contributed by atoms with Crippen molar-refractivity contribution in [3.05, 3.63) is 0 Å². The molecule has 1 N–H and O–H groups in total. The van der Waals surface area contributed by atoms with Crippen LogP contribution in [0.25, 0.3) is 0 Å². The van der Waals surface area contributed by atoms with Crippen LogP contribution in [0.3, 0.4) is 0 Å². The monoisotopic (exact) mass is 271 g/mol. The van der Waals surface area contributed by atoms with Gasteiger partial charge in [-0.1, -0.05) is 34.1 Å². The lowest BCUT2D eigenvalue weighted by Crippen LogP contribution is -2.60. The van der Waals surface area contributed by atoms with Gasteiger partial charge in [-0.05, 0) is 30.4 Å². The van der Waals surface area contributed by atoms with Crippen molar-refractivity contribution in [3.8, 4) is 0 Å². The van der Waals surface area contributed by atoms with Crippen molar-refractivity contribution < 1.29 is 4.74 Å². The smallest absolute Gasteiger partial charge is 0.0958 e. The molecular weight excluding hydrogens is 242 g/mol. The number of thioether (sulfide) groups is 1. The Labute approximate surface area is 117 Å². The zero-order chi connectivity index (χ0) is 13.2. The van der Waals surface area contributed by atoms with Crippen molar-refractivity contribution in [1.29, 1.82) is 0 Å². The van der Waals surface area contributed by atoms with Crippen LogP contribution in [0.4, 0.5) is 0 Å². The fraction of sp³-hybridized carbons (Fsp3) is 1.00. The second-order valence-electron chi connectivity index (χ2n) is 6.63. The SMILES string of the molecule is CCC(C)(C)CCC1NCCOC12CCSC2C. The van der Waals surface area contributed by atoms with Crippen LogP contribution in [-0.2, 0) is 4.74 Å². The van der Waals surface area contributed by atoms with E-state index in [2.05, 4.69) is 44.8 Å². The molecule has 0 aromatic rings. The summed E-state index contributed by atoms with van der Waals surface area (Å²) < 4.78 is 6.27. The summed E-state index contributed by atoms with van der Waals surface area (Å²) in [6.07, 6.45) is 5.04. The first kappa shape index (κ1) is 14.7. The first-order valence-electron chi connectivity index (χ1n) is 7.49. The summed E-state index contributed by atoms with van der Waals surface area (Å²) in [6, 6.07) is 0.557. The number of morpholine rings is 1. The van der Waals surface area contributed by atoms with E-state index < -0.39 is 0 Å². The third-order valence-corrected chi connectivity index (χ3v) is 6.41. The van der Waals surface area contributed by atoms with E-state index in [-0.39, 0.29) is 5.60 Å². The number of rotatable bonds is 4. The van der Waals surface area contributed by atoms with E-state index in [9.17, 15) is 0 Å². The van der Waals surface area contributed by atoms with E-state index in [1.807, 2.05) is 0 Å². The molecule has 18 heavy (non-hydrogen) atoms. The third kappa shape index (κ3) is 2.88. The molecule has 3 atom stereocenters. The molecule has 0 amide bonds. The maximum Gasteiger partial charge on any atom is 0.0958 e. The largest absolute Gasteiger partial charge is 0.371 e. The molecule has 0 aromatic heterocycles. The van der Waals surface area contributed by atoms with Crippen LogP contribution in [0.2, 0.25) is 0 Å². The average molecular weight is 271 g/mol. The summed E-state index contributed by atoms with van der Waals surface area (Å²) >= 11 is 2.08. The normalized spacial score (nSPS) is 37.3. The molecule has 2 heterocycles. The lowest BCUT2D eigenvalue weighted by Gasteiger charge is -2.45. The summed E-state index contributed by atoms with van der Waals surface area (Å²) in [6.45, 7) is 11.3. The second kappa shape index (κ2) is 5.72. The topological polar surface area (TPSA) is 21.3 Å². The van der Waals surface area contributed by atoms with Crippen LogP contribution in [0.5, 0.6) is 0 Å². The van der Waals surface area contributed by atoms with Crippen molar-refractivity contribution in [2.45, 2.75) is 70.3 Å². The first-order chi connectivity index (χ1) is 8.50. The molecule has 3 unspecified atom stereocenters. The minimum absolute atomic E-state index is 0.118. The van der Waals surface area contributed by atoms with Crippen molar-refractivity contribution in [1.82, 2.24) is 5.32 Å². The maximum absolute atomic E-state index is 6.27. The first-order valence-corrected chi connectivity index (χ1v) is 8.54. The summed E-state index contributed by atoms with van der Waals surface area (Å²) in [4.78, 5) is 0. The molecule has 0 aliphatic carbocycles. The fourth-order valence-corrected chi connectivity index (χ4v) is 4.62. The third-order valence-electron chi connectivity index (χ3n) is 5.07. The van der Waals surface area contributed by atoms with Crippen LogP contribution in [0, 0.1) is 5.41 Å². The van der Waals surface area contributed by atoms with Crippen molar-refractivity contribution in [3.63, 3.8) is 0 Å². The molecular formula is C15H29NOS. The molecule has 2 nitrogen and oxygen atoms in total. The van der Waals surface area contributed by atoms with Crippen molar-refractivity contribution in [2.24, 2.45) is 5.41 Å². The second-order valence-corrected chi connectivity index (χ2v) is 8.08. The highest BCUT2D eigenvalue weighted by Crippen LogP contribution is 2.44. The Morgan fingerprint density at radius 1 is 1.44 bits per heavy atom. The molecule has 0 radical (unpaired) electrons. The standard InChI is InChI=1S/C15H29NOS/c1-5-14(3,4)7-6-13-15(17-10-9-16-13)8-11-18-12(15)2/h12-13,16H,5-11H2,1-4H3. The molecule has 2 saturated heterocycles. The summed E-state index contributed by atoms with van der Waals surface area (Å²) in [5.74, 6) is 1.26. The van der Waals surface area contributed by atoms with Gasteiger partial charge in [0.25, 0.3) is 0 Å². The molecule has 2 rings (SSSR count). The number of hydrogen-bond acceptors (Lipinski definition) is 3. The zero-order valence-corrected chi connectivity index (χ0v) is 13.2. The van der Waals surface area contributed by atoms with E-state index in [1.165, 1.54) is 31.4 Å². The van der Waals surface area contributed by atoms with E-state index in [4.69, 9.17) is 4.74 Å². The molecule has 2 aliphatic heterocycles. The Hall–Kier alpha value is 0.270. The van der Waals surface area contributed by atoms with Crippen LogP contribution < -0.4 is 5.32 Å². The zero-order valence-electron chi connectivity index (χ0n) is 12.4. The van der Waals surface area contributed by atoms with Crippen LogP contribution in [0.15, 0.2) is 0 Å². The predicted octanol–water partition coefficient (Wildman–Crippen LogP) is 3.46. The minimum Gasteiger partial charge on any atom is -0.371 e. The Bertz CT molecular complexity index is 282. The van der Waals surface area contributed by atoms with Gasteiger partial charge in [-0.25, -0.2) is 0 Å². The molecule has 0 bridgehead atoms. The summed E-state index contributed by atoms with van der Waals surface area (Å²) in [5.41, 5.74) is 0.585. The summed E-state index contributed by atoms with van der Waals surface area (Å²) in [7, 11) is 0. The Morgan fingerprint density at radius 3 is 2.83 bits per heavy atom. The highest BCUT2D eigenvalue weighted by atomic mass is 32.2. The van der Waals surface area contributed by atoms with Crippen molar-refractivity contribution in [2.75, 3.05) is 18.9 Å². The van der Waals surface area contributed by atoms with Gasteiger partial charge in [0, 0.05) is 17.8 Å². The van der Waals surface area contributed by atoms with Gasteiger partial charge in [-0.15, -0.1) is 0 Å². The fourth-order valence-electron chi connectivity index (χ4n) is 3.19. The number of ether oxygens (including phenoxy) is 1. The minimum atomic E-state index is 0.118. The van der Waals surface area contributed by atoms with Gasteiger partial charge >= 0.3 is 0 Å². The lowest BCUT2D eigenvalue weighted by atomic mass is 9.78. The molecule has 106 valence electrons. The molecule has 0 aromatic carbocycles. The van der Waals surface area contributed by atoms with Crippen molar-refractivity contribution >= 4 is 11.8 Å².